The largest absolute Gasteiger partial charge is 0.496 e. The number of hydrogen-bond acceptors (Lipinski definition) is 4. The summed E-state index contributed by atoms with van der Waals surface area (Å²) in [4.78, 5) is 11.2. The summed E-state index contributed by atoms with van der Waals surface area (Å²) in [5.74, 6) is 0.826. The number of aromatic nitrogens is 1. The van der Waals surface area contributed by atoms with Gasteiger partial charge in [0.15, 0.2) is 0 Å². The highest BCUT2D eigenvalue weighted by Gasteiger charge is 2.30. The lowest BCUT2D eigenvalue weighted by Crippen LogP contribution is -2.22. The molecule has 0 saturated carbocycles. The molecule has 0 fully saturated rings. The van der Waals surface area contributed by atoms with Gasteiger partial charge in [-0.15, -0.1) is 0 Å². The van der Waals surface area contributed by atoms with Crippen molar-refractivity contribution in [2.75, 3.05) is 14.2 Å². The van der Waals surface area contributed by atoms with Crippen LogP contribution in [0.3, 0.4) is 0 Å². The lowest BCUT2D eigenvalue weighted by Gasteiger charge is -2.27. The van der Waals surface area contributed by atoms with E-state index >= 15 is 0 Å². The van der Waals surface area contributed by atoms with Crippen LogP contribution in [0.4, 0.5) is 0 Å². The molecule has 3 aromatic rings. The zero-order chi connectivity index (χ0) is 25.8. The molecule has 2 aromatic carbocycles. The molecule has 0 saturated heterocycles. The molecular formula is C30H35NO5. The lowest BCUT2D eigenvalue weighted by atomic mass is 9.85. The van der Waals surface area contributed by atoms with E-state index in [9.17, 15) is 15.0 Å². The van der Waals surface area contributed by atoms with Gasteiger partial charge < -0.3 is 24.3 Å². The molecule has 190 valence electrons. The van der Waals surface area contributed by atoms with E-state index in [0.717, 1.165) is 36.0 Å². The fourth-order valence-corrected chi connectivity index (χ4v) is 5.34. The minimum absolute atomic E-state index is 0.0637. The Hall–Kier alpha value is -3.51. The van der Waals surface area contributed by atoms with Gasteiger partial charge in [-0.3, -0.25) is 0 Å². The quantitative estimate of drug-likeness (QED) is 0.370. The molecule has 1 aromatic heterocycles. The minimum Gasteiger partial charge on any atom is -0.496 e. The maximum Gasteiger partial charge on any atom is 0.331 e. The third kappa shape index (κ3) is 5.65. The van der Waals surface area contributed by atoms with E-state index in [1.807, 2.05) is 42.1 Å². The predicted octanol–water partition coefficient (Wildman–Crippen LogP) is 5.46. The molecule has 6 heteroatoms. The number of aliphatic hydroxyl groups is 1. The molecule has 1 aliphatic carbocycles. The first-order valence-electron chi connectivity index (χ1n) is 12.3. The number of hydrogen-bond donors (Lipinski definition) is 2. The highest BCUT2D eigenvalue weighted by atomic mass is 16.5. The van der Waals surface area contributed by atoms with Crippen molar-refractivity contribution >= 4 is 12.0 Å². The molecule has 1 heterocycles. The number of methoxy groups -OCH3 is 2. The van der Waals surface area contributed by atoms with Crippen LogP contribution in [-0.4, -0.2) is 35.0 Å². The number of fused-ring (bicyclic) bond motifs is 1. The van der Waals surface area contributed by atoms with Crippen molar-refractivity contribution in [1.82, 2.24) is 4.57 Å². The highest BCUT2D eigenvalue weighted by molar-refractivity contribution is 5.91. The van der Waals surface area contributed by atoms with Gasteiger partial charge in [0.25, 0.3) is 0 Å². The van der Waals surface area contributed by atoms with Gasteiger partial charge in [0.1, 0.15) is 11.5 Å². The van der Waals surface area contributed by atoms with E-state index in [1.54, 1.807) is 27.2 Å². The summed E-state index contributed by atoms with van der Waals surface area (Å²) in [5.41, 5.74) is 5.57. The summed E-state index contributed by atoms with van der Waals surface area (Å²) in [6.45, 7) is 4.13. The number of carboxylic acids is 1. The maximum absolute atomic E-state index is 11.7. The van der Waals surface area contributed by atoms with Crippen molar-refractivity contribution in [3.63, 3.8) is 0 Å². The number of rotatable bonds is 10. The van der Waals surface area contributed by atoms with Crippen LogP contribution in [0.25, 0.3) is 6.08 Å². The molecule has 0 bridgehead atoms. The molecule has 6 nitrogen and oxygen atoms in total. The molecule has 36 heavy (non-hydrogen) atoms. The summed E-state index contributed by atoms with van der Waals surface area (Å²) in [6, 6.07) is 14.3. The molecule has 0 radical (unpaired) electrons. The fourth-order valence-electron chi connectivity index (χ4n) is 5.34. The van der Waals surface area contributed by atoms with Gasteiger partial charge in [0, 0.05) is 36.0 Å². The first kappa shape index (κ1) is 25.6. The summed E-state index contributed by atoms with van der Waals surface area (Å²) >= 11 is 0. The lowest BCUT2D eigenvalue weighted by molar-refractivity contribution is -0.132. The van der Waals surface area contributed by atoms with Crippen molar-refractivity contribution in [2.45, 2.75) is 45.8 Å². The molecular weight excluding hydrogens is 454 g/mol. The van der Waals surface area contributed by atoms with Crippen LogP contribution in [-0.2, 0) is 24.2 Å². The Morgan fingerprint density at radius 1 is 1.11 bits per heavy atom. The Morgan fingerprint density at radius 3 is 2.28 bits per heavy atom. The number of benzene rings is 2. The Kier molecular flexibility index (Phi) is 7.85. The second-order valence-corrected chi connectivity index (χ2v) is 9.81. The number of aliphatic carboxylic acids is 1. The van der Waals surface area contributed by atoms with Crippen LogP contribution < -0.4 is 9.47 Å². The third-order valence-electron chi connectivity index (χ3n) is 7.27. The Balaban J connectivity index is 1.62. The van der Waals surface area contributed by atoms with Crippen molar-refractivity contribution in [3.05, 3.63) is 88.2 Å². The topological polar surface area (TPSA) is 80.9 Å². The van der Waals surface area contributed by atoms with Crippen LogP contribution >= 0.6 is 0 Å². The summed E-state index contributed by atoms with van der Waals surface area (Å²) < 4.78 is 13.2. The van der Waals surface area contributed by atoms with E-state index in [-0.39, 0.29) is 11.5 Å². The minimum atomic E-state index is -0.931. The standard InChI is InChI=1S/C30H35NO5/c1-19(30(33)34)11-21-9-10-31(17-21)18-26(14-22-12-23-7-5-6-8-24(23)13-22)29(32)25-15-27(35-3)20(2)28(16-25)36-4/h5-11,15-17,22,26,29,32H,12-14,18H2,1-4H3,(H,33,34)/b19-11+/t26-,29+/m0/s1. The van der Waals surface area contributed by atoms with Crippen LogP contribution in [0.1, 0.15) is 47.3 Å². The Morgan fingerprint density at radius 2 is 1.72 bits per heavy atom. The van der Waals surface area contributed by atoms with Gasteiger partial charge in [-0.1, -0.05) is 24.3 Å². The fraction of sp³-hybridized carbons (Fsp3) is 0.367. The van der Waals surface area contributed by atoms with E-state index in [0.29, 0.717) is 24.0 Å². The number of ether oxygens (including phenoxy) is 2. The second-order valence-electron chi connectivity index (χ2n) is 9.81. The van der Waals surface area contributed by atoms with Gasteiger partial charge in [-0.2, -0.15) is 0 Å². The normalized spacial score (nSPS) is 15.4. The van der Waals surface area contributed by atoms with Crippen molar-refractivity contribution in [2.24, 2.45) is 11.8 Å². The van der Waals surface area contributed by atoms with Gasteiger partial charge in [0.2, 0.25) is 0 Å². The molecule has 0 amide bonds. The Bertz CT molecular complexity index is 1210. The average molecular weight is 490 g/mol. The summed E-state index contributed by atoms with van der Waals surface area (Å²) in [6.07, 6.45) is 7.69. The number of nitrogens with zero attached hydrogens (tertiary/aromatic N) is 1. The maximum atomic E-state index is 11.7. The van der Waals surface area contributed by atoms with Crippen molar-refractivity contribution in [3.8, 4) is 11.5 Å². The van der Waals surface area contributed by atoms with E-state index in [2.05, 4.69) is 24.3 Å². The van der Waals surface area contributed by atoms with Crippen molar-refractivity contribution in [1.29, 1.82) is 0 Å². The van der Waals surface area contributed by atoms with Gasteiger partial charge in [-0.05, 0) is 85.6 Å². The average Bonchev–Trinajstić information content (AvgIpc) is 3.49. The zero-order valence-corrected chi connectivity index (χ0v) is 21.4. The molecule has 2 N–H and O–H groups in total. The monoisotopic (exact) mass is 489 g/mol. The highest BCUT2D eigenvalue weighted by Crippen LogP contribution is 2.39. The van der Waals surface area contributed by atoms with Crippen LogP contribution in [0.5, 0.6) is 11.5 Å². The first-order chi connectivity index (χ1) is 17.3. The van der Waals surface area contributed by atoms with Crippen LogP contribution in [0.2, 0.25) is 0 Å². The first-order valence-corrected chi connectivity index (χ1v) is 12.3. The van der Waals surface area contributed by atoms with E-state index in [1.165, 1.54) is 11.1 Å². The van der Waals surface area contributed by atoms with Crippen molar-refractivity contribution < 1.29 is 24.5 Å². The summed E-state index contributed by atoms with van der Waals surface area (Å²) in [7, 11) is 3.25. The predicted molar refractivity (Wildman–Crippen MR) is 140 cm³/mol. The number of aliphatic hydroxyl groups excluding tert-OH is 1. The van der Waals surface area contributed by atoms with E-state index < -0.39 is 12.1 Å². The van der Waals surface area contributed by atoms with Gasteiger partial charge in [0.05, 0.1) is 20.3 Å². The molecule has 1 aliphatic rings. The van der Waals surface area contributed by atoms with Crippen LogP contribution in [0, 0.1) is 18.8 Å². The molecule has 0 spiro atoms. The van der Waals surface area contributed by atoms with E-state index in [4.69, 9.17) is 9.47 Å². The van der Waals surface area contributed by atoms with Gasteiger partial charge in [-0.25, -0.2) is 4.79 Å². The SMILES string of the molecule is COc1cc([C@@H](O)[C@@H](CC2Cc3ccccc3C2)Cn2ccc(/C=C(\C)C(=O)O)c2)cc(OC)c1C. The smallest absolute Gasteiger partial charge is 0.331 e. The summed E-state index contributed by atoms with van der Waals surface area (Å²) in [5, 5.41) is 20.9. The second kappa shape index (κ2) is 11.0. The number of carbonyl (C=O) groups is 1. The molecule has 4 rings (SSSR count). The Labute approximate surface area is 212 Å². The molecule has 0 aliphatic heterocycles. The van der Waals surface area contributed by atoms with Gasteiger partial charge >= 0.3 is 5.97 Å². The molecule has 2 atom stereocenters. The molecule has 0 unspecified atom stereocenters. The van der Waals surface area contributed by atoms with Crippen LogP contribution in [0.15, 0.2) is 60.4 Å². The zero-order valence-electron chi connectivity index (χ0n) is 21.4. The third-order valence-corrected chi connectivity index (χ3v) is 7.27. The number of carboxylic acid groups (broad SMARTS) is 1.